The number of amides is 1. The van der Waals surface area contributed by atoms with Crippen LogP contribution >= 0.6 is 11.9 Å². The van der Waals surface area contributed by atoms with Crippen molar-refractivity contribution in [3.05, 3.63) is 59.9 Å². The topological polar surface area (TPSA) is 118 Å². The number of carbonyl (C=O) groups excluding carboxylic acids is 2. The molecule has 2 aromatic rings. The number of fused-ring (bicyclic) bond motifs is 1. The van der Waals surface area contributed by atoms with Gasteiger partial charge in [0.1, 0.15) is 6.54 Å². The third-order valence-corrected chi connectivity index (χ3v) is 6.29. The molecule has 3 heterocycles. The molecule has 0 spiro atoms. The standard InChI is InChI=1S/C23H25N7O3S/c1-3-33-23(32)18-11-30-20(25-18)12-29(13-21(30)26-19-10-14(2)27-28-19)34-17-8-6-16(7-9-17)24-22(31)15-4-5-15/h6-11,13,15H,3-5,12H2,1-2H3,(H,24,31)(H2,26,27,28)/q+1. The summed E-state index contributed by atoms with van der Waals surface area (Å²) in [6.45, 7) is 4.46. The summed E-state index contributed by atoms with van der Waals surface area (Å²) in [5, 5.41) is 13.4. The largest absolute Gasteiger partial charge is 0.461 e. The highest BCUT2D eigenvalue weighted by Crippen LogP contribution is 2.32. The monoisotopic (exact) mass is 479 g/mol. The second kappa shape index (κ2) is 9.35. The molecular formula is C23H25N7O3S+. The van der Waals surface area contributed by atoms with Crippen LogP contribution in [0.4, 0.5) is 11.5 Å². The summed E-state index contributed by atoms with van der Waals surface area (Å²) < 4.78 is 7.15. The predicted octanol–water partition coefficient (Wildman–Crippen LogP) is 3.26. The zero-order chi connectivity index (χ0) is 23.7. The van der Waals surface area contributed by atoms with Crippen molar-refractivity contribution >= 4 is 41.2 Å². The lowest BCUT2D eigenvalue weighted by Crippen LogP contribution is -2.42. The van der Waals surface area contributed by atoms with Gasteiger partial charge in [0.15, 0.2) is 12.0 Å². The molecular weight excluding hydrogens is 454 g/mol. The number of aryl methyl sites for hydroxylation is 1. The van der Waals surface area contributed by atoms with Gasteiger partial charge in [-0.3, -0.25) is 19.5 Å². The highest BCUT2D eigenvalue weighted by atomic mass is 32.2. The molecule has 0 unspecified atom stereocenters. The summed E-state index contributed by atoms with van der Waals surface area (Å²) in [7, 11) is 0. The van der Waals surface area contributed by atoms with E-state index >= 15 is 0 Å². The van der Waals surface area contributed by atoms with Crippen LogP contribution in [0, 0.1) is 12.8 Å². The van der Waals surface area contributed by atoms with Crippen molar-refractivity contribution in [1.82, 2.24) is 19.4 Å². The molecule has 10 nitrogen and oxygen atoms in total. The van der Waals surface area contributed by atoms with E-state index in [0.29, 0.717) is 24.0 Å². The quantitative estimate of drug-likeness (QED) is 0.302. The number of ether oxygens (including phenoxy) is 1. The van der Waals surface area contributed by atoms with Gasteiger partial charge in [0.2, 0.25) is 11.6 Å². The van der Waals surface area contributed by atoms with E-state index in [2.05, 4.69) is 25.8 Å². The Balaban J connectivity index is 1.33. The number of anilines is 2. The van der Waals surface area contributed by atoms with Crippen LogP contribution < -0.4 is 15.5 Å². The van der Waals surface area contributed by atoms with Gasteiger partial charge in [0.25, 0.3) is 11.7 Å². The van der Waals surface area contributed by atoms with Gasteiger partial charge in [-0.15, -0.1) is 0 Å². The zero-order valence-electron chi connectivity index (χ0n) is 18.9. The van der Waals surface area contributed by atoms with Crippen LogP contribution in [0.3, 0.4) is 0 Å². The summed E-state index contributed by atoms with van der Waals surface area (Å²) in [5.41, 5.74) is 1.98. The van der Waals surface area contributed by atoms with Crippen molar-refractivity contribution in [3.8, 4) is 0 Å². The smallest absolute Gasteiger partial charge is 0.362 e. The summed E-state index contributed by atoms with van der Waals surface area (Å²) in [5.74, 6) is 1.86. The highest BCUT2D eigenvalue weighted by molar-refractivity contribution is 7.97. The minimum atomic E-state index is -0.456. The van der Waals surface area contributed by atoms with Crippen LogP contribution in [0.1, 0.15) is 25.5 Å². The van der Waals surface area contributed by atoms with Gasteiger partial charge in [-0.1, -0.05) is 0 Å². The number of rotatable bonds is 8. The zero-order valence-corrected chi connectivity index (χ0v) is 19.7. The minimum Gasteiger partial charge on any atom is -0.461 e. The molecule has 1 radical (unpaired) electrons. The molecule has 11 heteroatoms. The van der Waals surface area contributed by atoms with E-state index in [0.717, 1.165) is 29.1 Å². The Kier molecular flexibility index (Phi) is 6.12. The van der Waals surface area contributed by atoms with E-state index in [1.54, 1.807) is 13.1 Å². The Morgan fingerprint density at radius 2 is 2.09 bits per heavy atom. The second-order valence-corrected chi connectivity index (χ2v) is 9.29. The normalized spacial score (nSPS) is 17.5. The first kappa shape index (κ1) is 22.2. The lowest BCUT2D eigenvalue weighted by atomic mass is 10.3. The van der Waals surface area contributed by atoms with Crippen LogP contribution in [0.25, 0.3) is 0 Å². The Hall–Kier alpha value is -3.57. The number of nitrogens with zero attached hydrogens (tertiary/aromatic N) is 4. The summed E-state index contributed by atoms with van der Waals surface area (Å²) >= 11 is 1.53. The predicted molar refractivity (Wildman–Crippen MR) is 130 cm³/mol. The van der Waals surface area contributed by atoms with Crippen molar-refractivity contribution in [2.45, 2.75) is 31.6 Å². The lowest BCUT2D eigenvalue weighted by Gasteiger charge is -2.24. The van der Waals surface area contributed by atoms with Crippen molar-refractivity contribution in [2.75, 3.05) is 23.8 Å². The molecule has 0 atom stereocenters. The summed E-state index contributed by atoms with van der Waals surface area (Å²) in [6.07, 6.45) is 5.57. The van der Waals surface area contributed by atoms with Crippen molar-refractivity contribution in [3.63, 3.8) is 0 Å². The molecule has 1 aromatic carbocycles. The van der Waals surface area contributed by atoms with Gasteiger partial charge >= 0.3 is 5.97 Å². The third kappa shape index (κ3) is 5.00. The molecule has 3 N–H and O–H groups in total. The molecule has 2 aliphatic heterocycles. The van der Waals surface area contributed by atoms with Crippen LogP contribution in [0.5, 0.6) is 0 Å². The molecule has 1 aliphatic carbocycles. The molecule has 0 saturated heterocycles. The number of esters is 1. The first-order valence-corrected chi connectivity index (χ1v) is 11.9. The lowest BCUT2D eigenvalue weighted by molar-refractivity contribution is -0.138. The maximum atomic E-state index is 12.3. The number of hydrogen-bond acceptors (Lipinski definition) is 9. The van der Waals surface area contributed by atoms with Crippen LogP contribution in [0.15, 0.2) is 64.1 Å². The van der Waals surface area contributed by atoms with E-state index in [-0.39, 0.29) is 24.1 Å². The van der Waals surface area contributed by atoms with E-state index in [4.69, 9.17) is 4.74 Å². The first-order chi connectivity index (χ1) is 16.5. The number of hydrogen-bond donors (Lipinski definition) is 3. The van der Waals surface area contributed by atoms with E-state index < -0.39 is 5.97 Å². The number of amidine groups is 1. The van der Waals surface area contributed by atoms with Gasteiger partial charge in [-0.2, -0.15) is 10.1 Å². The number of aromatic amines is 1. The fourth-order valence-electron chi connectivity index (χ4n) is 3.51. The number of carbonyl (C=O) groups is 2. The molecule has 0 bridgehead atoms. The van der Waals surface area contributed by atoms with Crippen molar-refractivity contribution < 1.29 is 14.3 Å². The molecule has 1 fully saturated rings. The van der Waals surface area contributed by atoms with E-state index in [1.165, 1.54) is 11.9 Å². The van der Waals surface area contributed by atoms with Gasteiger partial charge in [-0.05, 0) is 67.8 Å². The van der Waals surface area contributed by atoms with E-state index in [1.807, 2.05) is 52.7 Å². The Morgan fingerprint density at radius 3 is 2.76 bits per heavy atom. The van der Waals surface area contributed by atoms with Gasteiger partial charge in [0.05, 0.1) is 12.8 Å². The average molecular weight is 480 g/mol. The van der Waals surface area contributed by atoms with Crippen LogP contribution in [-0.4, -0.2) is 45.4 Å². The molecule has 1 aromatic heterocycles. The number of benzene rings is 1. The SMILES string of the molecule is CCOC(=O)C1=C[N+]2C(Nc3cc(C)[nH]n3)=CN(Sc3ccc(NC(=O)C4CC4)cc3)CC2=N1. The van der Waals surface area contributed by atoms with Crippen LogP contribution in [-0.2, 0) is 14.3 Å². The van der Waals surface area contributed by atoms with Gasteiger partial charge < -0.3 is 10.1 Å². The third-order valence-electron chi connectivity index (χ3n) is 5.34. The van der Waals surface area contributed by atoms with Crippen LogP contribution in [0.2, 0.25) is 0 Å². The molecule has 1 saturated carbocycles. The molecule has 175 valence electrons. The highest BCUT2D eigenvalue weighted by Gasteiger charge is 2.42. The molecule has 34 heavy (non-hydrogen) atoms. The Labute approximate surface area is 201 Å². The fourth-order valence-corrected chi connectivity index (χ4v) is 4.38. The molecule has 5 rings (SSSR count). The fraction of sp³-hybridized carbons (Fsp3) is 0.304. The molecule has 3 aliphatic rings. The summed E-state index contributed by atoms with van der Waals surface area (Å²) in [4.78, 5) is 31.6. The van der Waals surface area contributed by atoms with Crippen molar-refractivity contribution in [2.24, 2.45) is 10.9 Å². The first-order valence-electron chi connectivity index (χ1n) is 11.1. The van der Waals surface area contributed by atoms with Gasteiger partial charge in [-0.25, -0.2) is 4.79 Å². The Morgan fingerprint density at radius 1 is 1.29 bits per heavy atom. The van der Waals surface area contributed by atoms with Gasteiger partial charge in [0, 0.05) is 28.3 Å². The van der Waals surface area contributed by atoms with E-state index in [9.17, 15) is 9.59 Å². The number of nitrogens with one attached hydrogen (secondary N) is 3. The average Bonchev–Trinajstić information content (AvgIpc) is 3.46. The number of aromatic nitrogens is 2. The second-order valence-electron chi connectivity index (χ2n) is 8.16. The maximum Gasteiger partial charge on any atom is 0.362 e. The number of aliphatic imine (C=N–C) groups is 1. The minimum absolute atomic E-state index is 0.0907. The number of H-pyrrole nitrogens is 1. The molecule has 1 amide bonds. The Bertz CT molecular complexity index is 1200. The van der Waals surface area contributed by atoms with Crippen molar-refractivity contribution in [1.29, 1.82) is 0 Å². The maximum absolute atomic E-state index is 12.3. The summed E-state index contributed by atoms with van der Waals surface area (Å²) in [6, 6.07) is 9.64.